The Morgan fingerprint density at radius 2 is 2.13 bits per heavy atom. The summed E-state index contributed by atoms with van der Waals surface area (Å²) in [4.78, 5) is 8.72. The molecule has 2 aromatic carbocycles. The summed E-state index contributed by atoms with van der Waals surface area (Å²) in [6, 6.07) is 8.00. The van der Waals surface area contributed by atoms with Gasteiger partial charge in [-0.1, -0.05) is 0 Å². The van der Waals surface area contributed by atoms with Gasteiger partial charge in [0.2, 0.25) is 0 Å². The van der Waals surface area contributed by atoms with Crippen molar-refractivity contribution in [2.75, 3.05) is 29.5 Å². The molecule has 7 nitrogen and oxygen atoms in total. The van der Waals surface area contributed by atoms with E-state index in [1.807, 2.05) is 13.0 Å². The van der Waals surface area contributed by atoms with E-state index in [4.69, 9.17) is 9.47 Å². The second-order valence-electron chi connectivity index (χ2n) is 7.39. The molecule has 1 fully saturated rings. The fraction of sp³-hybridized carbons (Fsp3) is 0.286. The molecule has 2 N–H and O–H groups in total. The van der Waals surface area contributed by atoms with Crippen LogP contribution in [0.1, 0.15) is 12.0 Å². The summed E-state index contributed by atoms with van der Waals surface area (Å²) >= 11 is 0. The van der Waals surface area contributed by atoms with Crippen LogP contribution in [0.25, 0.3) is 10.9 Å². The van der Waals surface area contributed by atoms with Crippen molar-refractivity contribution < 1.29 is 18.1 Å². The molecule has 0 radical (unpaired) electrons. The van der Waals surface area contributed by atoms with Crippen LogP contribution in [-0.2, 0) is 14.4 Å². The Bertz CT molecular complexity index is 1190. The lowest BCUT2D eigenvalue weighted by atomic mass is 10.1. The van der Waals surface area contributed by atoms with E-state index < -0.39 is 9.71 Å². The van der Waals surface area contributed by atoms with E-state index in [0.29, 0.717) is 41.7 Å². The van der Waals surface area contributed by atoms with E-state index in [1.54, 1.807) is 12.1 Å². The number of aromatic nitrogens is 2. The first-order valence-corrected chi connectivity index (χ1v) is 11.6. The zero-order valence-electron chi connectivity index (χ0n) is 16.8. The van der Waals surface area contributed by atoms with E-state index >= 15 is 0 Å². The van der Waals surface area contributed by atoms with E-state index in [0.717, 1.165) is 17.4 Å². The SMILES string of the molecule is C=S(C)(=O)Nc1cc(C)c2c(Nc3ccc(F)cc3OC3CCOC3)ncnc2c1. The van der Waals surface area contributed by atoms with Gasteiger partial charge in [-0.3, -0.25) is 0 Å². The van der Waals surface area contributed by atoms with Crippen LogP contribution in [0.2, 0.25) is 0 Å². The second-order valence-corrected chi connectivity index (χ2v) is 9.60. The van der Waals surface area contributed by atoms with Crippen molar-refractivity contribution in [2.24, 2.45) is 0 Å². The van der Waals surface area contributed by atoms with Crippen LogP contribution in [0.5, 0.6) is 5.75 Å². The maximum Gasteiger partial charge on any atom is 0.146 e. The van der Waals surface area contributed by atoms with E-state index in [9.17, 15) is 8.60 Å². The summed E-state index contributed by atoms with van der Waals surface area (Å²) in [5.74, 6) is 4.21. The Morgan fingerprint density at radius 1 is 1.30 bits per heavy atom. The normalized spacial score (nSPS) is 18.2. The average Bonchev–Trinajstić information content (AvgIpc) is 3.15. The van der Waals surface area contributed by atoms with Gasteiger partial charge >= 0.3 is 0 Å². The number of hydrogen-bond donors (Lipinski definition) is 2. The van der Waals surface area contributed by atoms with Crippen LogP contribution in [0.15, 0.2) is 36.7 Å². The van der Waals surface area contributed by atoms with E-state index in [2.05, 4.69) is 25.9 Å². The van der Waals surface area contributed by atoms with E-state index in [-0.39, 0.29) is 11.9 Å². The Hall–Kier alpha value is -2.91. The second kappa shape index (κ2) is 8.08. The van der Waals surface area contributed by atoms with Crippen molar-refractivity contribution in [3.8, 4) is 5.75 Å². The molecule has 0 amide bonds. The molecule has 0 aliphatic carbocycles. The molecule has 2 unspecified atom stereocenters. The molecule has 2 atom stereocenters. The van der Waals surface area contributed by atoms with Crippen LogP contribution in [-0.4, -0.2) is 45.6 Å². The summed E-state index contributed by atoms with van der Waals surface area (Å²) in [7, 11) is -2.41. The number of fused-ring (bicyclic) bond motifs is 1. The van der Waals surface area contributed by atoms with Gasteiger partial charge in [-0.05, 0) is 42.6 Å². The van der Waals surface area contributed by atoms with Gasteiger partial charge in [-0.25, -0.2) is 18.6 Å². The monoisotopic (exact) mass is 430 g/mol. The first kappa shape index (κ1) is 20.4. The highest BCUT2D eigenvalue weighted by Crippen LogP contribution is 2.34. The smallest absolute Gasteiger partial charge is 0.146 e. The van der Waals surface area contributed by atoms with Crippen molar-refractivity contribution in [1.29, 1.82) is 0 Å². The number of hydrogen-bond acceptors (Lipinski definition) is 6. The van der Waals surface area contributed by atoms with E-state index in [1.165, 1.54) is 24.7 Å². The van der Waals surface area contributed by atoms with Crippen LogP contribution >= 0.6 is 0 Å². The van der Waals surface area contributed by atoms with Crippen LogP contribution in [0.4, 0.5) is 21.6 Å². The Balaban J connectivity index is 1.70. The van der Waals surface area contributed by atoms with Gasteiger partial charge in [0.1, 0.15) is 29.8 Å². The molecule has 30 heavy (non-hydrogen) atoms. The Morgan fingerprint density at radius 3 is 2.87 bits per heavy atom. The molecule has 0 bridgehead atoms. The number of halogens is 1. The van der Waals surface area contributed by atoms with Gasteiger partial charge in [-0.2, -0.15) is 0 Å². The number of anilines is 3. The number of ether oxygens (including phenoxy) is 2. The molecule has 0 saturated carbocycles. The summed E-state index contributed by atoms with van der Waals surface area (Å²) < 4.78 is 40.1. The molecular weight excluding hydrogens is 407 g/mol. The molecule has 4 rings (SSSR count). The predicted molar refractivity (Wildman–Crippen MR) is 119 cm³/mol. The molecule has 1 aliphatic rings. The number of benzene rings is 2. The van der Waals surface area contributed by atoms with Gasteiger partial charge in [0, 0.05) is 39.5 Å². The maximum atomic E-state index is 13.9. The number of nitrogens with zero attached hydrogens (tertiary/aromatic N) is 2. The maximum absolute atomic E-state index is 13.9. The van der Waals surface area contributed by atoms with Gasteiger partial charge in [0.25, 0.3) is 0 Å². The third kappa shape index (κ3) is 4.63. The summed E-state index contributed by atoms with van der Waals surface area (Å²) in [6.07, 6.45) is 3.62. The fourth-order valence-electron chi connectivity index (χ4n) is 3.40. The number of aryl methyl sites for hydroxylation is 1. The van der Waals surface area contributed by atoms with Crippen molar-refractivity contribution >= 4 is 43.7 Å². The molecule has 0 spiro atoms. The standard InChI is InChI=1S/C21H23FN4O3S/c1-13-8-15(26-30(2,3)27)10-18-20(13)21(24-12-23-18)25-17-5-4-14(22)9-19(17)29-16-6-7-28-11-16/h4-5,8-10,12,16H,2,6-7,11H2,1,3H3,(H,26,27)(H,23,24,25). The molecule has 9 heteroatoms. The fourth-order valence-corrected chi connectivity index (χ4v) is 4.02. The van der Waals surface area contributed by atoms with Gasteiger partial charge < -0.3 is 19.5 Å². The van der Waals surface area contributed by atoms with Crippen LogP contribution < -0.4 is 14.8 Å². The van der Waals surface area contributed by atoms with Crippen molar-refractivity contribution in [3.63, 3.8) is 0 Å². The first-order valence-electron chi connectivity index (χ1n) is 9.45. The number of rotatable bonds is 6. The van der Waals surface area contributed by atoms with Gasteiger partial charge in [-0.15, -0.1) is 0 Å². The van der Waals surface area contributed by atoms with Crippen LogP contribution in [0.3, 0.4) is 0 Å². The highest BCUT2D eigenvalue weighted by Gasteiger charge is 2.20. The zero-order chi connectivity index (χ0) is 21.3. The first-order chi connectivity index (χ1) is 14.3. The lowest BCUT2D eigenvalue weighted by Gasteiger charge is -2.18. The molecule has 158 valence electrons. The molecule has 2 heterocycles. The highest BCUT2D eigenvalue weighted by atomic mass is 32.2. The topological polar surface area (TPSA) is 85.4 Å². The predicted octanol–water partition coefficient (Wildman–Crippen LogP) is 3.66. The minimum absolute atomic E-state index is 0.114. The van der Waals surface area contributed by atoms with Crippen molar-refractivity contribution in [2.45, 2.75) is 19.4 Å². The van der Waals surface area contributed by atoms with Crippen molar-refractivity contribution in [3.05, 3.63) is 48.0 Å². The zero-order valence-corrected chi connectivity index (χ0v) is 17.6. The summed E-state index contributed by atoms with van der Waals surface area (Å²) in [6.45, 7) is 3.03. The lowest BCUT2D eigenvalue weighted by molar-refractivity contribution is 0.141. The molecule has 3 aromatic rings. The Labute approximate surface area is 174 Å². The molecule has 1 aliphatic heterocycles. The summed E-state index contributed by atoms with van der Waals surface area (Å²) in [5, 5.41) is 4.05. The van der Waals surface area contributed by atoms with Crippen molar-refractivity contribution in [1.82, 2.24) is 9.97 Å². The van der Waals surface area contributed by atoms with Gasteiger partial charge in [0.05, 0.1) is 24.4 Å². The Kier molecular flexibility index (Phi) is 5.48. The highest BCUT2D eigenvalue weighted by molar-refractivity contribution is 8.00. The largest absolute Gasteiger partial charge is 0.486 e. The molecule has 1 aromatic heterocycles. The quantitative estimate of drug-likeness (QED) is 0.581. The summed E-state index contributed by atoms with van der Waals surface area (Å²) in [5.41, 5.74) is 2.82. The third-order valence-corrected chi connectivity index (χ3v) is 5.31. The molecule has 1 saturated heterocycles. The minimum Gasteiger partial charge on any atom is -0.486 e. The minimum atomic E-state index is -2.41. The number of nitrogens with one attached hydrogen (secondary N) is 2. The average molecular weight is 431 g/mol. The third-order valence-electron chi connectivity index (χ3n) is 4.65. The van der Waals surface area contributed by atoms with Crippen LogP contribution in [0, 0.1) is 12.7 Å². The van der Waals surface area contributed by atoms with Gasteiger partial charge in [0.15, 0.2) is 0 Å². The lowest BCUT2D eigenvalue weighted by Crippen LogP contribution is -2.16. The molecular formula is C21H23FN4O3S.